The molecule has 1 atom stereocenters. The van der Waals surface area contributed by atoms with E-state index in [1.165, 1.54) is 49.0 Å². The molecular formula is C22H31ClN2O2. The summed E-state index contributed by atoms with van der Waals surface area (Å²) >= 11 is 0. The van der Waals surface area contributed by atoms with Crippen LogP contribution in [-0.2, 0) is 6.54 Å². The smallest absolute Gasteiger partial charge is 0.163 e. The van der Waals surface area contributed by atoms with E-state index in [1.54, 1.807) is 0 Å². The summed E-state index contributed by atoms with van der Waals surface area (Å²) in [6.07, 6.45) is 8.95. The zero-order valence-corrected chi connectivity index (χ0v) is 17.2. The van der Waals surface area contributed by atoms with Crippen LogP contribution in [0.25, 0.3) is 5.69 Å². The number of hydrogen-bond donors (Lipinski definition) is 1. The van der Waals surface area contributed by atoms with Crippen LogP contribution >= 0.6 is 12.4 Å². The van der Waals surface area contributed by atoms with Gasteiger partial charge in [0.05, 0.1) is 24.9 Å². The molecule has 0 spiro atoms. The maximum Gasteiger partial charge on any atom is 0.163 e. The molecule has 1 fully saturated rings. The van der Waals surface area contributed by atoms with E-state index in [9.17, 15) is 0 Å². The normalized spacial score (nSPS) is 19.4. The molecule has 0 radical (unpaired) electrons. The first-order valence-corrected chi connectivity index (χ1v) is 10.1. The molecular weight excluding hydrogens is 360 g/mol. The highest BCUT2D eigenvalue weighted by molar-refractivity contribution is 5.85. The van der Waals surface area contributed by atoms with E-state index in [2.05, 4.69) is 40.3 Å². The minimum atomic E-state index is 0. The summed E-state index contributed by atoms with van der Waals surface area (Å²) in [5.41, 5.74) is 3.86. The van der Waals surface area contributed by atoms with E-state index < -0.39 is 0 Å². The predicted molar refractivity (Wildman–Crippen MR) is 112 cm³/mol. The Morgan fingerprint density at radius 3 is 2.44 bits per heavy atom. The van der Waals surface area contributed by atoms with Crippen LogP contribution in [0, 0.1) is 5.92 Å². The summed E-state index contributed by atoms with van der Waals surface area (Å²) in [5, 5.41) is 3.85. The summed E-state index contributed by atoms with van der Waals surface area (Å²) in [7, 11) is 0. The SMILES string of the molecule is CCOc1cc2c(cc1OCC)-n1cccc1C(C1CCCCC1)NC2.Cl. The van der Waals surface area contributed by atoms with Crippen molar-refractivity contribution in [1.82, 2.24) is 9.88 Å². The minimum absolute atomic E-state index is 0. The van der Waals surface area contributed by atoms with Crippen molar-refractivity contribution in [2.75, 3.05) is 13.2 Å². The monoisotopic (exact) mass is 390 g/mol. The molecule has 1 saturated carbocycles. The molecule has 4 rings (SSSR count). The van der Waals surface area contributed by atoms with Crippen molar-refractivity contribution in [3.63, 3.8) is 0 Å². The quantitative estimate of drug-likeness (QED) is 0.740. The summed E-state index contributed by atoms with van der Waals surface area (Å²) in [5.74, 6) is 2.41. The van der Waals surface area contributed by atoms with Crippen molar-refractivity contribution < 1.29 is 9.47 Å². The number of halogens is 1. The highest BCUT2D eigenvalue weighted by Gasteiger charge is 2.30. The highest BCUT2D eigenvalue weighted by atomic mass is 35.5. The van der Waals surface area contributed by atoms with Gasteiger partial charge in [0.2, 0.25) is 0 Å². The molecule has 0 bridgehead atoms. The van der Waals surface area contributed by atoms with Crippen LogP contribution in [0.2, 0.25) is 0 Å². The number of fused-ring (bicyclic) bond motifs is 3. The number of ether oxygens (including phenoxy) is 2. The maximum absolute atomic E-state index is 5.87. The summed E-state index contributed by atoms with van der Waals surface area (Å²) in [4.78, 5) is 0. The van der Waals surface area contributed by atoms with E-state index >= 15 is 0 Å². The number of nitrogens with one attached hydrogen (secondary N) is 1. The third kappa shape index (κ3) is 3.97. The second kappa shape index (κ2) is 9.03. The second-order valence-corrected chi connectivity index (χ2v) is 7.35. The Balaban J connectivity index is 0.00000210. The predicted octanol–water partition coefficient (Wildman–Crippen LogP) is 5.42. The molecule has 27 heavy (non-hydrogen) atoms. The Morgan fingerprint density at radius 2 is 1.74 bits per heavy atom. The zero-order chi connectivity index (χ0) is 17.9. The molecule has 2 heterocycles. The van der Waals surface area contributed by atoms with Gasteiger partial charge in [0.15, 0.2) is 11.5 Å². The van der Waals surface area contributed by atoms with Crippen molar-refractivity contribution in [3.05, 3.63) is 41.7 Å². The van der Waals surface area contributed by atoms with Crippen molar-refractivity contribution >= 4 is 12.4 Å². The van der Waals surface area contributed by atoms with Gasteiger partial charge in [-0.25, -0.2) is 0 Å². The average molecular weight is 391 g/mol. The van der Waals surface area contributed by atoms with Gasteiger partial charge in [0.25, 0.3) is 0 Å². The molecule has 1 aromatic heterocycles. The minimum Gasteiger partial charge on any atom is -0.490 e. The fourth-order valence-corrected chi connectivity index (χ4v) is 4.56. The Bertz CT molecular complexity index is 753. The number of rotatable bonds is 5. The third-order valence-electron chi connectivity index (χ3n) is 5.74. The van der Waals surface area contributed by atoms with Crippen LogP contribution in [0.5, 0.6) is 11.5 Å². The van der Waals surface area contributed by atoms with Crippen LogP contribution in [0.3, 0.4) is 0 Å². The highest BCUT2D eigenvalue weighted by Crippen LogP contribution is 2.40. The van der Waals surface area contributed by atoms with E-state index in [-0.39, 0.29) is 12.4 Å². The van der Waals surface area contributed by atoms with Gasteiger partial charge in [-0.1, -0.05) is 19.3 Å². The van der Waals surface area contributed by atoms with Crippen molar-refractivity contribution in [3.8, 4) is 17.2 Å². The average Bonchev–Trinajstić information content (AvgIpc) is 3.09. The number of hydrogen-bond acceptors (Lipinski definition) is 3. The molecule has 0 saturated heterocycles. The summed E-state index contributed by atoms with van der Waals surface area (Å²) < 4.78 is 14.1. The number of aromatic nitrogens is 1. The van der Waals surface area contributed by atoms with Crippen molar-refractivity contribution in [2.45, 2.75) is 58.5 Å². The lowest BCUT2D eigenvalue weighted by molar-refractivity contribution is 0.267. The van der Waals surface area contributed by atoms with Crippen LogP contribution in [0.1, 0.15) is 63.3 Å². The fourth-order valence-electron chi connectivity index (χ4n) is 4.56. The lowest BCUT2D eigenvalue weighted by atomic mass is 9.82. The van der Waals surface area contributed by atoms with Gasteiger partial charge in [-0.3, -0.25) is 0 Å². The molecule has 1 unspecified atom stereocenters. The standard InChI is InChI=1S/C22H30N2O2.ClH/c1-3-25-20-13-17-15-23-22(16-9-6-5-7-10-16)18-11-8-12-24(18)19(17)14-21(20)26-4-2;/h8,11-14,16,22-23H,3-7,9-10,15H2,1-2H3;1H. The topological polar surface area (TPSA) is 35.4 Å². The zero-order valence-electron chi connectivity index (χ0n) is 16.4. The molecule has 2 aromatic rings. The molecule has 1 aromatic carbocycles. The van der Waals surface area contributed by atoms with Crippen molar-refractivity contribution in [2.24, 2.45) is 5.92 Å². The fraction of sp³-hybridized carbons (Fsp3) is 0.545. The van der Waals surface area contributed by atoms with Gasteiger partial charge < -0.3 is 19.4 Å². The van der Waals surface area contributed by atoms with Gasteiger partial charge >= 0.3 is 0 Å². The van der Waals surface area contributed by atoms with E-state index in [1.807, 2.05) is 13.8 Å². The van der Waals surface area contributed by atoms with E-state index in [0.29, 0.717) is 19.3 Å². The maximum atomic E-state index is 5.87. The number of nitrogens with zero attached hydrogens (tertiary/aromatic N) is 1. The molecule has 4 nitrogen and oxygen atoms in total. The first-order chi connectivity index (χ1) is 12.8. The molecule has 1 aliphatic heterocycles. The van der Waals surface area contributed by atoms with Gasteiger partial charge in [0, 0.05) is 24.5 Å². The molecule has 0 amide bonds. The number of benzene rings is 1. The lowest BCUT2D eigenvalue weighted by Crippen LogP contribution is -2.29. The second-order valence-electron chi connectivity index (χ2n) is 7.35. The van der Waals surface area contributed by atoms with Gasteiger partial charge in [0.1, 0.15) is 0 Å². The molecule has 2 aliphatic rings. The van der Waals surface area contributed by atoms with Crippen LogP contribution in [0.4, 0.5) is 0 Å². The molecule has 5 heteroatoms. The Kier molecular flexibility index (Phi) is 6.72. The molecule has 1 aliphatic carbocycles. The largest absolute Gasteiger partial charge is 0.490 e. The van der Waals surface area contributed by atoms with Crippen molar-refractivity contribution in [1.29, 1.82) is 0 Å². The van der Waals surface area contributed by atoms with Gasteiger partial charge in [-0.05, 0) is 56.4 Å². The Labute approximate surface area is 168 Å². The first-order valence-electron chi connectivity index (χ1n) is 10.1. The molecule has 148 valence electrons. The van der Waals surface area contributed by atoms with Crippen LogP contribution in [0.15, 0.2) is 30.5 Å². The lowest BCUT2D eigenvalue weighted by Gasteiger charge is -2.30. The summed E-state index contributed by atoms with van der Waals surface area (Å²) in [6, 6.07) is 9.17. The third-order valence-corrected chi connectivity index (χ3v) is 5.74. The summed E-state index contributed by atoms with van der Waals surface area (Å²) in [6.45, 7) is 6.18. The van der Waals surface area contributed by atoms with Gasteiger partial charge in [-0.15, -0.1) is 12.4 Å². The molecule has 1 N–H and O–H groups in total. The Hall–Kier alpha value is -1.65. The van der Waals surface area contributed by atoms with Crippen LogP contribution < -0.4 is 14.8 Å². The first kappa shape index (κ1) is 20.1. The van der Waals surface area contributed by atoms with E-state index in [0.717, 1.165) is 24.0 Å². The Morgan fingerprint density at radius 1 is 1.04 bits per heavy atom. The van der Waals surface area contributed by atoms with E-state index in [4.69, 9.17) is 9.47 Å². The van der Waals surface area contributed by atoms with Gasteiger partial charge in [-0.2, -0.15) is 0 Å². The van der Waals surface area contributed by atoms with Crippen LogP contribution in [-0.4, -0.2) is 17.8 Å².